The van der Waals surface area contributed by atoms with E-state index in [-0.39, 0.29) is 5.38 Å². The van der Waals surface area contributed by atoms with E-state index in [2.05, 4.69) is 39.8 Å². The lowest BCUT2D eigenvalue weighted by Crippen LogP contribution is -2.27. The Bertz CT molecular complexity index is 467. The Morgan fingerprint density at radius 2 is 1.76 bits per heavy atom. The molecule has 0 bridgehead atoms. The number of benzene rings is 1. The second kappa shape index (κ2) is 6.60. The maximum Gasteiger partial charge on any atom is 0.121 e. The van der Waals surface area contributed by atoms with Crippen molar-refractivity contribution in [2.24, 2.45) is 17.3 Å². The number of ether oxygens (including phenoxy) is 1. The van der Waals surface area contributed by atoms with Crippen LogP contribution in [0.2, 0.25) is 0 Å². The second-order valence-corrected chi connectivity index (χ2v) is 8.08. The molecule has 1 saturated carbocycles. The molecule has 1 aliphatic carbocycles. The van der Waals surface area contributed by atoms with Gasteiger partial charge in [-0.1, -0.05) is 32.9 Å². The molecule has 2 heteroatoms. The van der Waals surface area contributed by atoms with Crippen molar-refractivity contribution in [3.05, 3.63) is 29.3 Å². The first-order chi connectivity index (χ1) is 9.82. The Kier molecular flexibility index (Phi) is 5.24. The molecule has 0 aromatic heterocycles. The molecule has 2 rings (SSSR count). The van der Waals surface area contributed by atoms with Crippen LogP contribution in [0.15, 0.2) is 18.2 Å². The highest BCUT2D eigenvalue weighted by Crippen LogP contribution is 2.45. The van der Waals surface area contributed by atoms with E-state index in [1.54, 1.807) is 7.11 Å². The van der Waals surface area contributed by atoms with Crippen molar-refractivity contribution in [2.45, 2.75) is 58.8 Å². The molecule has 1 nitrogen and oxygen atoms in total. The van der Waals surface area contributed by atoms with Crippen LogP contribution in [0.25, 0.3) is 0 Å². The van der Waals surface area contributed by atoms with Crippen molar-refractivity contribution in [1.82, 2.24) is 0 Å². The van der Waals surface area contributed by atoms with E-state index < -0.39 is 0 Å². The van der Waals surface area contributed by atoms with Crippen molar-refractivity contribution >= 4 is 11.6 Å². The van der Waals surface area contributed by atoms with Crippen LogP contribution in [-0.4, -0.2) is 7.11 Å². The molecule has 0 aliphatic heterocycles. The summed E-state index contributed by atoms with van der Waals surface area (Å²) in [5, 5.41) is 0.135. The van der Waals surface area contributed by atoms with Crippen LogP contribution in [0.1, 0.15) is 63.0 Å². The number of hydrogen-bond acceptors (Lipinski definition) is 1. The zero-order chi connectivity index (χ0) is 15.6. The van der Waals surface area contributed by atoms with Crippen LogP contribution in [0.5, 0.6) is 5.75 Å². The van der Waals surface area contributed by atoms with Crippen molar-refractivity contribution in [3.8, 4) is 5.75 Å². The number of rotatable bonds is 3. The lowest BCUT2D eigenvalue weighted by atomic mass is 9.69. The quantitative estimate of drug-likeness (QED) is 0.610. The van der Waals surface area contributed by atoms with Gasteiger partial charge in [0.15, 0.2) is 0 Å². The summed E-state index contributed by atoms with van der Waals surface area (Å²) in [5.41, 5.74) is 2.85. The Balaban J connectivity index is 2.02. The fourth-order valence-corrected chi connectivity index (χ4v) is 4.01. The maximum atomic E-state index is 6.77. The van der Waals surface area contributed by atoms with E-state index in [4.69, 9.17) is 16.3 Å². The Morgan fingerprint density at radius 3 is 2.24 bits per heavy atom. The molecule has 0 radical (unpaired) electrons. The maximum absolute atomic E-state index is 6.77. The molecule has 1 fully saturated rings. The standard InChI is InChI=1S/C19H29ClO/c1-13-12-15(8-11-17(13)21-5)18(20)14-6-9-16(10-7-14)19(2,3)4/h8,11-12,14,16,18H,6-7,9-10H2,1-5H3. The molecule has 1 aromatic carbocycles. The minimum atomic E-state index is 0.135. The van der Waals surface area contributed by atoms with Gasteiger partial charge in [0, 0.05) is 0 Å². The molecule has 1 atom stereocenters. The van der Waals surface area contributed by atoms with Gasteiger partial charge in [0.1, 0.15) is 5.75 Å². The summed E-state index contributed by atoms with van der Waals surface area (Å²) in [6.07, 6.45) is 5.13. The van der Waals surface area contributed by atoms with Gasteiger partial charge in [-0.15, -0.1) is 11.6 Å². The third-order valence-electron chi connectivity index (χ3n) is 5.15. The number of halogens is 1. The molecule has 0 N–H and O–H groups in total. The second-order valence-electron chi connectivity index (χ2n) is 7.61. The van der Waals surface area contributed by atoms with Crippen molar-refractivity contribution < 1.29 is 4.74 Å². The molecule has 21 heavy (non-hydrogen) atoms. The molecular formula is C19H29ClO. The van der Waals surface area contributed by atoms with Gasteiger partial charge in [-0.05, 0) is 67.1 Å². The van der Waals surface area contributed by atoms with Crippen molar-refractivity contribution in [3.63, 3.8) is 0 Å². The van der Waals surface area contributed by atoms with Crippen LogP contribution >= 0.6 is 11.6 Å². The molecule has 0 heterocycles. The summed E-state index contributed by atoms with van der Waals surface area (Å²) in [4.78, 5) is 0. The first kappa shape index (κ1) is 16.7. The smallest absolute Gasteiger partial charge is 0.121 e. The highest BCUT2D eigenvalue weighted by atomic mass is 35.5. The van der Waals surface area contributed by atoms with Crippen molar-refractivity contribution in [2.75, 3.05) is 7.11 Å². The summed E-state index contributed by atoms with van der Waals surface area (Å²) >= 11 is 6.77. The molecule has 0 amide bonds. The first-order valence-electron chi connectivity index (χ1n) is 8.11. The third kappa shape index (κ3) is 3.94. The van der Waals surface area contributed by atoms with Gasteiger partial charge in [-0.3, -0.25) is 0 Å². The van der Waals surface area contributed by atoms with E-state index in [0.717, 1.165) is 11.7 Å². The van der Waals surface area contributed by atoms with Crippen LogP contribution in [-0.2, 0) is 0 Å². The van der Waals surface area contributed by atoms with E-state index >= 15 is 0 Å². The van der Waals surface area contributed by atoms with E-state index in [1.807, 2.05) is 6.07 Å². The molecule has 0 saturated heterocycles. The minimum absolute atomic E-state index is 0.135. The van der Waals surface area contributed by atoms with Crippen LogP contribution in [0.4, 0.5) is 0 Å². The van der Waals surface area contributed by atoms with E-state index in [0.29, 0.717) is 11.3 Å². The monoisotopic (exact) mass is 308 g/mol. The third-order valence-corrected chi connectivity index (χ3v) is 5.76. The molecule has 1 aromatic rings. The lowest BCUT2D eigenvalue weighted by Gasteiger charge is -2.38. The van der Waals surface area contributed by atoms with E-state index in [1.165, 1.54) is 36.8 Å². The van der Waals surface area contributed by atoms with Gasteiger partial charge >= 0.3 is 0 Å². The largest absolute Gasteiger partial charge is 0.496 e. The number of hydrogen-bond donors (Lipinski definition) is 0. The zero-order valence-corrected chi connectivity index (χ0v) is 14.8. The highest BCUT2D eigenvalue weighted by molar-refractivity contribution is 6.21. The summed E-state index contributed by atoms with van der Waals surface area (Å²) in [5.74, 6) is 2.40. The summed E-state index contributed by atoms with van der Waals surface area (Å²) in [7, 11) is 1.72. The van der Waals surface area contributed by atoms with Crippen LogP contribution < -0.4 is 4.74 Å². The van der Waals surface area contributed by atoms with Crippen molar-refractivity contribution in [1.29, 1.82) is 0 Å². The minimum Gasteiger partial charge on any atom is -0.496 e. The summed E-state index contributed by atoms with van der Waals surface area (Å²) in [6, 6.07) is 6.35. The van der Waals surface area contributed by atoms with Gasteiger partial charge < -0.3 is 4.74 Å². The summed E-state index contributed by atoms with van der Waals surface area (Å²) < 4.78 is 5.33. The SMILES string of the molecule is COc1ccc(C(Cl)C2CCC(C(C)(C)C)CC2)cc1C. The topological polar surface area (TPSA) is 9.23 Å². The van der Waals surface area contributed by atoms with E-state index in [9.17, 15) is 0 Å². The van der Waals surface area contributed by atoms with Gasteiger partial charge in [0.05, 0.1) is 12.5 Å². The average molecular weight is 309 g/mol. The highest BCUT2D eigenvalue weighted by Gasteiger charge is 2.32. The molecule has 1 unspecified atom stereocenters. The van der Waals surface area contributed by atoms with Crippen LogP contribution in [0.3, 0.4) is 0 Å². The zero-order valence-electron chi connectivity index (χ0n) is 14.1. The number of aryl methyl sites for hydroxylation is 1. The Hall–Kier alpha value is -0.690. The van der Waals surface area contributed by atoms with Gasteiger partial charge in [-0.2, -0.15) is 0 Å². The van der Waals surface area contributed by atoms with Gasteiger partial charge in [0.2, 0.25) is 0 Å². The predicted octanol–water partition coefficient (Wildman–Crippen LogP) is 6.14. The van der Waals surface area contributed by atoms with Crippen LogP contribution in [0, 0.1) is 24.2 Å². The average Bonchev–Trinajstić information content (AvgIpc) is 2.45. The molecule has 118 valence electrons. The number of methoxy groups -OCH3 is 1. The molecular weight excluding hydrogens is 280 g/mol. The molecule has 0 spiro atoms. The summed E-state index contributed by atoms with van der Waals surface area (Å²) in [6.45, 7) is 9.18. The first-order valence-corrected chi connectivity index (χ1v) is 8.55. The van der Waals surface area contributed by atoms with Gasteiger partial charge in [0.25, 0.3) is 0 Å². The predicted molar refractivity (Wildman–Crippen MR) is 91.2 cm³/mol. The molecule has 1 aliphatic rings. The fourth-order valence-electron chi connectivity index (χ4n) is 3.62. The Morgan fingerprint density at radius 1 is 1.14 bits per heavy atom. The number of alkyl halides is 1. The van der Waals surface area contributed by atoms with Gasteiger partial charge in [-0.25, -0.2) is 0 Å². The Labute approximate surface area is 135 Å². The fraction of sp³-hybridized carbons (Fsp3) is 0.684. The normalized spacial score (nSPS) is 24.7. The lowest BCUT2D eigenvalue weighted by molar-refractivity contribution is 0.148.